The third kappa shape index (κ3) is 3.23. The minimum Gasteiger partial charge on any atom is -0.490 e. The van der Waals surface area contributed by atoms with Gasteiger partial charge in [0.05, 0.1) is 5.69 Å². The molecule has 1 aliphatic rings. The van der Waals surface area contributed by atoms with Crippen LogP contribution in [0.2, 0.25) is 5.02 Å². The summed E-state index contributed by atoms with van der Waals surface area (Å²) in [5, 5.41) is 3.93. The average molecular weight is 305 g/mol. The molecule has 0 radical (unpaired) electrons. The van der Waals surface area contributed by atoms with Gasteiger partial charge < -0.3 is 20.5 Å². The molecule has 5 heteroatoms. The van der Waals surface area contributed by atoms with Gasteiger partial charge in [0.1, 0.15) is 23.9 Å². The van der Waals surface area contributed by atoms with E-state index in [1.807, 2.05) is 36.4 Å². The molecule has 21 heavy (non-hydrogen) atoms. The fraction of sp³-hybridized carbons (Fsp3) is 0.250. The first-order valence-electron chi connectivity index (χ1n) is 6.93. The van der Waals surface area contributed by atoms with Crippen LogP contribution in [0.4, 0.5) is 5.69 Å². The Bertz CT molecular complexity index is 646. The molecule has 0 saturated carbocycles. The Morgan fingerprint density at radius 1 is 1.24 bits per heavy atom. The summed E-state index contributed by atoms with van der Waals surface area (Å²) in [5.74, 6) is 2.33. The molecule has 1 heterocycles. The SMILES string of the molecule is NCCc1ccc(Cl)cc1Oc1ccc2c(c1)NCCO2. The summed E-state index contributed by atoms with van der Waals surface area (Å²) < 4.78 is 11.5. The maximum absolute atomic E-state index is 6.05. The summed E-state index contributed by atoms with van der Waals surface area (Å²) >= 11 is 6.05. The van der Waals surface area contributed by atoms with E-state index in [0.717, 1.165) is 41.5 Å². The molecular weight excluding hydrogens is 288 g/mol. The second kappa shape index (κ2) is 6.24. The quantitative estimate of drug-likeness (QED) is 0.908. The van der Waals surface area contributed by atoms with E-state index in [4.69, 9.17) is 26.8 Å². The van der Waals surface area contributed by atoms with Crippen LogP contribution in [0.25, 0.3) is 0 Å². The zero-order valence-corrected chi connectivity index (χ0v) is 12.3. The summed E-state index contributed by atoms with van der Waals surface area (Å²) in [6.07, 6.45) is 0.749. The first-order chi connectivity index (χ1) is 10.3. The molecule has 0 atom stereocenters. The van der Waals surface area contributed by atoms with Gasteiger partial charge in [-0.3, -0.25) is 0 Å². The molecule has 2 aromatic carbocycles. The van der Waals surface area contributed by atoms with Crippen molar-refractivity contribution < 1.29 is 9.47 Å². The molecule has 0 bridgehead atoms. The predicted octanol–water partition coefficient (Wildman–Crippen LogP) is 3.44. The summed E-state index contributed by atoms with van der Waals surface area (Å²) in [6.45, 7) is 2.05. The van der Waals surface area contributed by atoms with Gasteiger partial charge >= 0.3 is 0 Å². The molecule has 3 N–H and O–H groups in total. The Balaban J connectivity index is 1.87. The van der Waals surface area contributed by atoms with Crippen LogP contribution >= 0.6 is 11.6 Å². The van der Waals surface area contributed by atoms with E-state index < -0.39 is 0 Å². The highest BCUT2D eigenvalue weighted by atomic mass is 35.5. The van der Waals surface area contributed by atoms with Gasteiger partial charge in [-0.2, -0.15) is 0 Å². The van der Waals surface area contributed by atoms with Crippen molar-refractivity contribution in [1.29, 1.82) is 0 Å². The van der Waals surface area contributed by atoms with Gasteiger partial charge in [-0.15, -0.1) is 0 Å². The number of nitrogens with one attached hydrogen (secondary N) is 1. The van der Waals surface area contributed by atoms with Crippen molar-refractivity contribution in [2.24, 2.45) is 5.73 Å². The monoisotopic (exact) mass is 304 g/mol. The molecule has 4 nitrogen and oxygen atoms in total. The Morgan fingerprint density at radius 2 is 2.14 bits per heavy atom. The lowest BCUT2D eigenvalue weighted by Gasteiger charge is -2.20. The Morgan fingerprint density at radius 3 is 3.00 bits per heavy atom. The number of fused-ring (bicyclic) bond motifs is 1. The normalized spacial score (nSPS) is 13.0. The standard InChI is InChI=1S/C16H17ClN2O2/c17-12-2-1-11(5-6-18)16(9-12)21-13-3-4-15-14(10-13)19-7-8-20-15/h1-4,9-10,19H,5-8,18H2. The molecule has 0 amide bonds. The van der Waals surface area contributed by atoms with E-state index in [1.54, 1.807) is 0 Å². The Hall–Kier alpha value is -1.91. The molecule has 0 spiro atoms. The van der Waals surface area contributed by atoms with Crippen molar-refractivity contribution in [1.82, 2.24) is 0 Å². The third-order valence-electron chi connectivity index (χ3n) is 3.30. The topological polar surface area (TPSA) is 56.5 Å². The van der Waals surface area contributed by atoms with Crippen LogP contribution in [0.15, 0.2) is 36.4 Å². The van der Waals surface area contributed by atoms with Crippen molar-refractivity contribution in [3.05, 3.63) is 47.0 Å². The summed E-state index contributed by atoms with van der Waals surface area (Å²) in [6, 6.07) is 11.3. The second-order valence-corrected chi connectivity index (χ2v) is 5.26. The van der Waals surface area contributed by atoms with Crippen molar-refractivity contribution in [3.8, 4) is 17.2 Å². The molecule has 1 aliphatic heterocycles. The van der Waals surface area contributed by atoms with Gasteiger partial charge in [0.15, 0.2) is 0 Å². The number of nitrogens with two attached hydrogens (primary N) is 1. The van der Waals surface area contributed by atoms with Crippen LogP contribution < -0.4 is 20.5 Å². The van der Waals surface area contributed by atoms with Gasteiger partial charge in [-0.05, 0) is 42.8 Å². The highest BCUT2D eigenvalue weighted by molar-refractivity contribution is 6.30. The average Bonchev–Trinajstić information content (AvgIpc) is 2.50. The number of ether oxygens (including phenoxy) is 2. The van der Waals surface area contributed by atoms with Crippen LogP contribution in [-0.4, -0.2) is 19.7 Å². The first-order valence-corrected chi connectivity index (χ1v) is 7.31. The number of benzene rings is 2. The maximum Gasteiger partial charge on any atom is 0.142 e. The molecular formula is C16H17ClN2O2. The van der Waals surface area contributed by atoms with Crippen LogP contribution in [0.5, 0.6) is 17.2 Å². The molecule has 110 valence electrons. The summed E-state index contributed by atoms with van der Waals surface area (Å²) in [4.78, 5) is 0. The number of hydrogen-bond donors (Lipinski definition) is 2. The zero-order chi connectivity index (χ0) is 14.7. The van der Waals surface area contributed by atoms with Crippen LogP contribution in [-0.2, 0) is 6.42 Å². The van der Waals surface area contributed by atoms with E-state index in [1.165, 1.54) is 0 Å². The lowest BCUT2D eigenvalue weighted by molar-refractivity contribution is 0.322. The third-order valence-corrected chi connectivity index (χ3v) is 3.53. The highest BCUT2D eigenvalue weighted by Gasteiger charge is 2.12. The molecule has 0 aromatic heterocycles. The van der Waals surface area contributed by atoms with Crippen LogP contribution in [0.1, 0.15) is 5.56 Å². The Kier molecular flexibility index (Phi) is 4.18. The molecule has 3 rings (SSSR count). The minimum atomic E-state index is 0.567. The van der Waals surface area contributed by atoms with E-state index in [2.05, 4.69) is 5.32 Å². The van der Waals surface area contributed by atoms with Gasteiger partial charge in [0.2, 0.25) is 0 Å². The highest BCUT2D eigenvalue weighted by Crippen LogP contribution is 2.35. The smallest absolute Gasteiger partial charge is 0.142 e. The lowest BCUT2D eigenvalue weighted by Crippen LogP contribution is -2.17. The molecule has 0 fully saturated rings. The Labute approximate surface area is 128 Å². The van der Waals surface area contributed by atoms with E-state index in [-0.39, 0.29) is 0 Å². The van der Waals surface area contributed by atoms with Crippen molar-refractivity contribution in [2.75, 3.05) is 25.0 Å². The molecule has 0 aliphatic carbocycles. The summed E-state index contributed by atoms with van der Waals surface area (Å²) in [7, 11) is 0. The van der Waals surface area contributed by atoms with Crippen LogP contribution in [0, 0.1) is 0 Å². The fourth-order valence-electron chi connectivity index (χ4n) is 2.30. The zero-order valence-electron chi connectivity index (χ0n) is 11.6. The number of hydrogen-bond acceptors (Lipinski definition) is 4. The largest absolute Gasteiger partial charge is 0.490 e. The minimum absolute atomic E-state index is 0.567. The van der Waals surface area contributed by atoms with Gasteiger partial charge in [-0.25, -0.2) is 0 Å². The predicted molar refractivity (Wildman–Crippen MR) is 84.7 cm³/mol. The van der Waals surface area contributed by atoms with E-state index in [9.17, 15) is 0 Å². The number of rotatable bonds is 4. The van der Waals surface area contributed by atoms with E-state index >= 15 is 0 Å². The maximum atomic E-state index is 6.05. The number of anilines is 1. The fourth-order valence-corrected chi connectivity index (χ4v) is 2.46. The van der Waals surface area contributed by atoms with Gasteiger partial charge in [-0.1, -0.05) is 17.7 Å². The second-order valence-electron chi connectivity index (χ2n) is 4.83. The molecule has 0 saturated heterocycles. The number of halogens is 1. The van der Waals surface area contributed by atoms with Crippen molar-refractivity contribution in [3.63, 3.8) is 0 Å². The van der Waals surface area contributed by atoms with E-state index in [0.29, 0.717) is 18.2 Å². The van der Waals surface area contributed by atoms with Crippen LogP contribution in [0.3, 0.4) is 0 Å². The van der Waals surface area contributed by atoms with Gasteiger partial charge in [0, 0.05) is 17.6 Å². The first kappa shape index (κ1) is 14.0. The van der Waals surface area contributed by atoms with Gasteiger partial charge in [0.25, 0.3) is 0 Å². The van der Waals surface area contributed by atoms with Crippen molar-refractivity contribution in [2.45, 2.75) is 6.42 Å². The molecule has 2 aromatic rings. The summed E-state index contributed by atoms with van der Waals surface area (Å²) in [5.41, 5.74) is 7.63. The molecule has 0 unspecified atom stereocenters. The lowest BCUT2D eigenvalue weighted by atomic mass is 10.1. The van der Waals surface area contributed by atoms with Crippen molar-refractivity contribution >= 4 is 17.3 Å².